The van der Waals surface area contributed by atoms with Crippen molar-refractivity contribution in [1.29, 1.82) is 0 Å². The number of terminal acetylenes is 1. The van der Waals surface area contributed by atoms with Gasteiger partial charge in [0.2, 0.25) is 0 Å². The zero-order valence-corrected chi connectivity index (χ0v) is 7.44. The molecule has 0 atom stereocenters. The van der Waals surface area contributed by atoms with Crippen molar-refractivity contribution >= 4 is 6.08 Å². The molecule has 0 radical (unpaired) electrons. The number of ether oxygens (including phenoxy) is 1. The van der Waals surface area contributed by atoms with Crippen LogP contribution in [0.3, 0.4) is 0 Å². The van der Waals surface area contributed by atoms with E-state index in [1.165, 1.54) is 5.56 Å². The van der Waals surface area contributed by atoms with Gasteiger partial charge in [0.1, 0.15) is 6.61 Å². The normalized spacial score (nSPS) is 10.1. The Hall–Kier alpha value is -1.52. The summed E-state index contributed by atoms with van der Waals surface area (Å²) in [5.41, 5.74) is 1.17. The van der Waals surface area contributed by atoms with Crippen molar-refractivity contribution in [2.75, 3.05) is 13.2 Å². The first-order chi connectivity index (χ1) is 6.43. The summed E-state index contributed by atoms with van der Waals surface area (Å²) in [7, 11) is 0. The summed E-state index contributed by atoms with van der Waals surface area (Å²) in [6.07, 6.45) is 8.98. The molecule has 13 heavy (non-hydrogen) atoms. The summed E-state index contributed by atoms with van der Waals surface area (Å²) in [6, 6.07) is 10.1. The Bertz CT molecular complexity index is 293. The van der Waals surface area contributed by atoms with Crippen LogP contribution in [0.2, 0.25) is 0 Å². The maximum absolute atomic E-state index is 5.08. The van der Waals surface area contributed by atoms with Gasteiger partial charge in [-0.25, -0.2) is 0 Å². The smallest absolute Gasteiger partial charge is 0.107 e. The molecule has 66 valence electrons. The van der Waals surface area contributed by atoms with Crippen LogP contribution in [0.5, 0.6) is 0 Å². The lowest BCUT2D eigenvalue weighted by atomic mass is 10.2. The van der Waals surface area contributed by atoms with Gasteiger partial charge in [0.05, 0.1) is 6.61 Å². The van der Waals surface area contributed by atoms with Crippen LogP contribution in [-0.2, 0) is 4.74 Å². The Morgan fingerprint density at radius 1 is 1.31 bits per heavy atom. The van der Waals surface area contributed by atoms with Gasteiger partial charge in [-0.2, -0.15) is 0 Å². The molecule has 1 heteroatoms. The molecule has 1 aromatic carbocycles. The zero-order chi connectivity index (χ0) is 9.36. The minimum Gasteiger partial charge on any atom is -0.365 e. The molecule has 0 amide bonds. The second-order valence-electron chi connectivity index (χ2n) is 2.53. The van der Waals surface area contributed by atoms with E-state index >= 15 is 0 Å². The number of rotatable bonds is 4. The molecule has 0 N–H and O–H groups in total. The standard InChI is InChI=1S/C12H12O/c1-2-10-13-11-6-9-12-7-4-3-5-8-12/h1,3-9H,10-11H2/b9-6-. The SMILES string of the molecule is C#CCOC/C=C\c1ccccc1. The molecule has 1 rings (SSSR count). The van der Waals surface area contributed by atoms with E-state index in [2.05, 4.69) is 5.92 Å². The third-order valence-electron chi connectivity index (χ3n) is 1.51. The van der Waals surface area contributed by atoms with Crippen LogP contribution in [0.4, 0.5) is 0 Å². The Kier molecular flexibility index (Phi) is 4.45. The minimum absolute atomic E-state index is 0.374. The lowest BCUT2D eigenvalue weighted by Crippen LogP contribution is -1.89. The van der Waals surface area contributed by atoms with Crippen LogP contribution < -0.4 is 0 Å². The van der Waals surface area contributed by atoms with E-state index in [1.807, 2.05) is 42.5 Å². The van der Waals surface area contributed by atoms with E-state index in [9.17, 15) is 0 Å². The summed E-state index contributed by atoms with van der Waals surface area (Å²) in [6.45, 7) is 0.943. The van der Waals surface area contributed by atoms with Crippen molar-refractivity contribution in [3.05, 3.63) is 42.0 Å². The average molecular weight is 172 g/mol. The first-order valence-electron chi connectivity index (χ1n) is 4.16. The summed E-state index contributed by atoms with van der Waals surface area (Å²) in [5.74, 6) is 2.41. The molecule has 0 saturated heterocycles. The molecule has 0 aromatic heterocycles. The van der Waals surface area contributed by atoms with Gasteiger partial charge in [-0.3, -0.25) is 0 Å². The second-order valence-corrected chi connectivity index (χ2v) is 2.53. The van der Waals surface area contributed by atoms with Crippen LogP contribution >= 0.6 is 0 Å². The van der Waals surface area contributed by atoms with Gasteiger partial charge in [0.15, 0.2) is 0 Å². The number of hydrogen-bond acceptors (Lipinski definition) is 1. The van der Waals surface area contributed by atoms with Gasteiger partial charge in [-0.15, -0.1) is 6.42 Å². The molecular formula is C12H12O. The fourth-order valence-electron chi connectivity index (χ4n) is 0.934. The quantitative estimate of drug-likeness (QED) is 0.500. The van der Waals surface area contributed by atoms with Gasteiger partial charge in [-0.05, 0) is 5.56 Å². The van der Waals surface area contributed by atoms with Crippen molar-refractivity contribution in [1.82, 2.24) is 0 Å². The van der Waals surface area contributed by atoms with Crippen LogP contribution in [0.15, 0.2) is 36.4 Å². The van der Waals surface area contributed by atoms with Crippen molar-refractivity contribution < 1.29 is 4.74 Å². The van der Waals surface area contributed by atoms with Gasteiger partial charge >= 0.3 is 0 Å². The van der Waals surface area contributed by atoms with E-state index < -0.39 is 0 Å². The fraction of sp³-hybridized carbons (Fsp3) is 0.167. The van der Waals surface area contributed by atoms with Gasteiger partial charge in [0.25, 0.3) is 0 Å². The fourth-order valence-corrected chi connectivity index (χ4v) is 0.934. The van der Waals surface area contributed by atoms with E-state index in [-0.39, 0.29) is 0 Å². The second kappa shape index (κ2) is 6.05. The highest BCUT2D eigenvalue weighted by atomic mass is 16.5. The van der Waals surface area contributed by atoms with Crippen LogP contribution in [-0.4, -0.2) is 13.2 Å². The molecule has 0 aliphatic heterocycles. The molecule has 1 nitrogen and oxygen atoms in total. The third-order valence-corrected chi connectivity index (χ3v) is 1.51. The Balaban J connectivity index is 2.29. The molecular weight excluding hydrogens is 160 g/mol. The van der Waals surface area contributed by atoms with Crippen LogP contribution in [0, 0.1) is 12.3 Å². The highest BCUT2D eigenvalue weighted by molar-refractivity contribution is 5.48. The molecule has 0 heterocycles. The molecule has 0 fully saturated rings. The highest BCUT2D eigenvalue weighted by Crippen LogP contribution is 2.00. The van der Waals surface area contributed by atoms with Gasteiger partial charge in [-0.1, -0.05) is 48.4 Å². The summed E-state index contributed by atoms with van der Waals surface area (Å²) >= 11 is 0. The van der Waals surface area contributed by atoms with E-state index in [4.69, 9.17) is 11.2 Å². The average Bonchev–Trinajstić information content (AvgIpc) is 2.19. The van der Waals surface area contributed by atoms with Crippen molar-refractivity contribution in [3.8, 4) is 12.3 Å². The Morgan fingerprint density at radius 2 is 2.08 bits per heavy atom. The van der Waals surface area contributed by atoms with E-state index in [1.54, 1.807) is 0 Å². The lowest BCUT2D eigenvalue weighted by molar-refractivity contribution is 0.200. The summed E-state index contributed by atoms with van der Waals surface area (Å²) in [5, 5.41) is 0. The van der Waals surface area contributed by atoms with E-state index in [0.29, 0.717) is 13.2 Å². The third kappa shape index (κ3) is 4.15. The first-order valence-corrected chi connectivity index (χ1v) is 4.16. The summed E-state index contributed by atoms with van der Waals surface area (Å²) < 4.78 is 5.08. The molecule has 0 aliphatic rings. The van der Waals surface area contributed by atoms with Crippen LogP contribution in [0.25, 0.3) is 6.08 Å². The molecule has 0 aliphatic carbocycles. The minimum atomic E-state index is 0.374. The highest BCUT2D eigenvalue weighted by Gasteiger charge is 1.82. The first kappa shape index (κ1) is 9.57. The largest absolute Gasteiger partial charge is 0.365 e. The summed E-state index contributed by atoms with van der Waals surface area (Å²) in [4.78, 5) is 0. The zero-order valence-electron chi connectivity index (χ0n) is 7.44. The van der Waals surface area contributed by atoms with Crippen molar-refractivity contribution in [2.24, 2.45) is 0 Å². The van der Waals surface area contributed by atoms with Gasteiger partial charge < -0.3 is 4.74 Å². The number of benzene rings is 1. The van der Waals surface area contributed by atoms with Gasteiger partial charge in [0, 0.05) is 0 Å². The Morgan fingerprint density at radius 3 is 2.77 bits per heavy atom. The van der Waals surface area contributed by atoms with Crippen molar-refractivity contribution in [3.63, 3.8) is 0 Å². The lowest BCUT2D eigenvalue weighted by Gasteiger charge is -1.93. The molecule has 0 saturated carbocycles. The Labute approximate surface area is 79.0 Å². The molecule has 1 aromatic rings. The van der Waals surface area contributed by atoms with E-state index in [0.717, 1.165) is 0 Å². The molecule has 0 bridgehead atoms. The predicted octanol–water partition coefficient (Wildman–Crippen LogP) is 2.35. The maximum Gasteiger partial charge on any atom is 0.107 e. The molecule has 0 unspecified atom stereocenters. The van der Waals surface area contributed by atoms with Crippen molar-refractivity contribution in [2.45, 2.75) is 0 Å². The number of hydrogen-bond donors (Lipinski definition) is 0. The monoisotopic (exact) mass is 172 g/mol. The van der Waals surface area contributed by atoms with Crippen LogP contribution in [0.1, 0.15) is 5.56 Å². The predicted molar refractivity (Wildman–Crippen MR) is 55.1 cm³/mol. The topological polar surface area (TPSA) is 9.23 Å². The molecule has 0 spiro atoms. The maximum atomic E-state index is 5.08.